The Kier molecular flexibility index (Phi) is 5.21. The number of hydrogen-bond donors (Lipinski definition) is 1. The van der Waals surface area contributed by atoms with E-state index in [4.69, 9.17) is 4.74 Å². The number of ether oxygens (including phenoxy) is 1. The molecule has 3 heteroatoms. The molecule has 0 fully saturated rings. The van der Waals surface area contributed by atoms with Crippen molar-refractivity contribution >= 4 is 11.6 Å². The molecule has 0 heterocycles. The number of carbonyl (C=O) groups is 1. The van der Waals surface area contributed by atoms with Crippen molar-refractivity contribution in [1.82, 2.24) is 0 Å². The van der Waals surface area contributed by atoms with E-state index in [1.807, 2.05) is 49.4 Å². The number of rotatable bonds is 5. The highest BCUT2D eigenvalue weighted by Crippen LogP contribution is 2.21. The van der Waals surface area contributed by atoms with Gasteiger partial charge in [-0.3, -0.25) is 4.79 Å². The first-order valence-electron chi connectivity index (χ1n) is 7.60. The van der Waals surface area contributed by atoms with Crippen LogP contribution in [0.4, 0.5) is 5.69 Å². The molecule has 1 unspecified atom stereocenters. The fourth-order valence-electron chi connectivity index (χ4n) is 2.09. The average molecular weight is 297 g/mol. The molecule has 0 spiro atoms. The molecule has 0 saturated heterocycles. The van der Waals surface area contributed by atoms with Crippen molar-refractivity contribution in [3.05, 3.63) is 59.7 Å². The number of carbonyl (C=O) groups excluding carboxylic acids is 1. The Morgan fingerprint density at radius 2 is 1.73 bits per heavy atom. The van der Waals surface area contributed by atoms with Crippen molar-refractivity contribution in [3.63, 3.8) is 0 Å². The summed E-state index contributed by atoms with van der Waals surface area (Å²) in [5.74, 6) is 0.997. The van der Waals surface area contributed by atoms with Crippen molar-refractivity contribution in [2.75, 3.05) is 5.32 Å². The normalized spacial score (nSPS) is 12.0. The molecule has 0 bridgehead atoms. The number of anilines is 1. The minimum atomic E-state index is -0.552. The van der Waals surface area contributed by atoms with E-state index < -0.39 is 6.10 Å². The van der Waals surface area contributed by atoms with Crippen molar-refractivity contribution in [2.24, 2.45) is 0 Å². The van der Waals surface area contributed by atoms with Crippen molar-refractivity contribution in [2.45, 2.75) is 39.7 Å². The lowest BCUT2D eigenvalue weighted by molar-refractivity contribution is -0.122. The quantitative estimate of drug-likeness (QED) is 0.881. The van der Waals surface area contributed by atoms with E-state index in [-0.39, 0.29) is 5.91 Å². The molecule has 116 valence electrons. The van der Waals surface area contributed by atoms with Gasteiger partial charge in [-0.15, -0.1) is 0 Å². The maximum Gasteiger partial charge on any atom is 0.265 e. The van der Waals surface area contributed by atoms with Gasteiger partial charge < -0.3 is 10.1 Å². The van der Waals surface area contributed by atoms with Crippen LogP contribution in [0.15, 0.2) is 48.5 Å². The van der Waals surface area contributed by atoms with Crippen LogP contribution in [0.1, 0.15) is 37.8 Å². The van der Waals surface area contributed by atoms with Crippen molar-refractivity contribution in [1.29, 1.82) is 0 Å². The minimum Gasteiger partial charge on any atom is -0.481 e. The molecule has 1 atom stereocenters. The molecule has 0 aromatic heterocycles. The Bertz CT molecular complexity index is 632. The summed E-state index contributed by atoms with van der Waals surface area (Å²) in [6, 6.07) is 15.6. The number of benzene rings is 2. The Morgan fingerprint density at radius 1 is 1.05 bits per heavy atom. The summed E-state index contributed by atoms with van der Waals surface area (Å²) in [5.41, 5.74) is 3.14. The van der Waals surface area contributed by atoms with E-state index in [1.165, 1.54) is 5.56 Å². The van der Waals surface area contributed by atoms with Crippen LogP contribution in [0.25, 0.3) is 0 Å². The monoisotopic (exact) mass is 297 g/mol. The van der Waals surface area contributed by atoms with Crippen LogP contribution in [0, 0.1) is 6.92 Å². The summed E-state index contributed by atoms with van der Waals surface area (Å²) in [5, 5.41) is 2.86. The number of nitrogens with one attached hydrogen (secondary N) is 1. The molecular weight excluding hydrogens is 274 g/mol. The second-order valence-corrected chi connectivity index (χ2v) is 5.84. The van der Waals surface area contributed by atoms with Crippen LogP contribution in [0.2, 0.25) is 0 Å². The molecule has 1 amide bonds. The zero-order valence-corrected chi connectivity index (χ0v) is 13.6. The number of amides is 1. The zero-order valence-electron chi connectivity index (χ0n) is 13.6. The SMILES string of the molecule is Cc1ccc(NC(=O)C(C)Oc2cccc(C(C)C)c2)cc1. The van der Waals surface area contributed by atoms with E-state index in [0.29, 0.717) is 5.92 Å². The molecule has 0 aliphatic rings. The third-order valence-electron chi connectivity index (χ3n) is 3.53. The zero-order chi connectivity index (χ0) is 16.1. The van der Waals surface area contributed by atoms with Gasteiger partial charge in [0, 0.05) is 5.69 Å². The lowest BCUT2D eigenvalue weighted by Gasteiger charge is -2.16. The van der Waals surface area contributed by atoms with Crippen LogP contribution in [0.3, 0.4) is 0 Å². The van der Waals surface area contributed by atoms with E-state index >= 15 is 0 Å². The maximum absolute atomic E-state index is 12.2. The van der Waals surface area contributed by atoms with Gasteiger partial charge >= 0.3 is 0 Å². The van der Waals surface area contributed by atoms with Gasteiger partial charge in [-0.25, -0.2) is 0 Å². The first-order chi connectivity index (χ1) is 10.5. The summed E-state index contributed by atoms with van der Waals surface area (Å²) in [7, 11) is 0. The molecule has 2 aromatic carbocycles. The van der Waals surface area contributed by atoms with Crippen LogP contribution >= 0.6 is 0 Å². The molecular formula is C19H23NO2. The average Bonchev–Trinajstić information content (AvgIpc) is 2.49. The predicted octanol–water partition coefficient (Wildman–Crippen LogP) is 4.52. The van der Waals surface area contributed by atoms with E-state index in [0.717, 1.165) is 17.0 Å². The van der Waals surface area contributed by atoms with Crippen LogP contribution in [-0.2, 0) is 4.79 Å². The van der Waals surface area contributed by atoms with E-state index in [9.17, 15) is 4.79 Å². The largest absolute Gasteiger partial charge is 0.481 e. The molecule has 2 aromatic rings. The van der Waals surface area contributed by atoms with Gasteiger partial charge in [0.15, 0.2) is 6.10 Å². The molecule has 3 nitrogen and oxygen atoms in total. The predicted molar refractivity (Wildman–Crippen MR) is 90.4 cm³/mol. The molecule has 0 radical (unpaired) electrons. The Hall–Kier alpha value is -2.29. The first kappa shape index (κ1) is 16.1. The Balaban J connectivity index is 1.99. The van der Waals surface area contributed by atoms with Gasteiger partial charge in [0.1, 0.15) is 5.75 Å². The Morgan fingerprint density at radius 3 is 2.36 bits per heavy atom. The van der Waals surface area contributed by atoms with Gasteiger partial charge in [-0.05, 0) is 49.6 Å². The number of aryl methyl sites for hydroxylation is 1. The highest BCUT2D eigenvalue weighted by molar-refractivity contribution is 5.94. The fourth-order valence-corrected chi connectivity index (χ4v) is 2.09. The highest BCUT2D eigenvalue weighted by atomic mass is 16.5. The van der Waals surface area contributed by atoms with Gasteiger partial charge in [0.2, 0.25) is 0 Å². The topological polar surface area (TPSA) is 38.3 Å². The minimum absolute atomic E-state index is 0.154. The van der Waals surface area contributed by atoms with E-state index in [1.54, 1.807) is 6.92 Å². The summed E-state index contributed by atoms with van der Waals surface area (Å²) < 4.78 is 5.75. The molecule has 1 N–H and O–H groups in total. The lowest BCUT2D eigenvalue weighted by atomic mass is 10.0. The summed E-state index contributed by atoms with van der Waals surface area (Å²) in [4.78, 5) is 12.2. The van der Waals surface area contributed by atoms with Crippen LogP contribution in [-0.4, -0.2) is 12.0 Å². The smallest absolute Gasteiger partial charge is 0.265 e. The van der Waals surface area contributed by atoms with Gasteiger partial charge in [0.25, 0.3) is 5.91 Å². The molecule has 0 aliphatic heterocycles. The Labute approximate surface area is 132 Å². The second-order valence-electron chi connectivity index (χ2n) is 5.84. The third kappa shape index (κ3) is 4.35. The van der Waals surface area contributed by atoms with Gasteiger partial charge in [-0.1, -0.05) is 43.7 Å². The summed E-state index contributed by atoms with van der Waals surface area (Å²) >= 11 is 0. The third-order valence-corrected chi connectivity index (χ3v) is 3.53. The fraction of sp³-hybridized carbons (Fsp3) is 0.316. The summed E-state index contributed by atoms with van der Waals surface area (Å²) in [6.45, 7) is 8.03. The second kappa shape index (κ2) is 7.12. The molecule has 2 rings (SSSR count). The van der Waals surface area contributed by atoms with Gasteiger partial charge in [-0.2, -0.15) is 0 Å². The first-order valence-corrected chi connectivity index (χ1v) is 7.60. The van der Waals surface area contributed by atoms with Crippen molar-refractivity contribution < 1.29 is 9.53 Å². The van der Waals surface area contributed by atoms with Crippen LogP contribution in [0.5, 0.6) is 5.75 Å². The van der Waals surface area contributed by atoms with Crippen LogP contribution < -0.4 is 10.1 Å². The lowest BCUT2D eigenvalue weighted by Crippen LogP contribution is -2.30. The molecule has 0 aliphatic carbocycles. The molecule has 22 heavy (non-hydrogen) atoms. The van der Waals surface area contributed by atoms with Crippen molar-refractivity contribution in [3.8, 4) is 5.75 Å². The maximum atomic E-state index is 12.2. The standard InChI is InChI=1S/C19H23NO2/c1-13(2)16-6-5-7-18(12-16)22-15(4)19(21)20-17-10-8-14(3)9-11-17/h5-13,15H,1-4H3,(H,20,21). The van der Waals surface area contributed by atoms with Gasteiger partial charge in [0.05, 0.1) is 0 Å². The number of hydrogen-bond acceptors (Lipinski definition) is 2. The summed E-state index contributed by atoms with van der Waals surface area (Å²) in [6.07, 6.45) is -0.552. The molecule has 0 saturated carbocycles. The van der Waals surface area contributed by atoms with E-state index in [2.05, 4.69) is 25.2 Å². The highest BCUT2D eigenvalue weighted by Gasteiger charge is 2.15.